The second-order valence-electron chi connectivity index (χ2n) is 7.09. The van der Waals surface area contributed by atoms with E-state index in [1.165, 1.54) is 11.1 Å². The standard InChI is InChI=1S/C21H24N2O3/c24-17(12-22-16-9-8-14-4-1-2-5-15(14)10-16)13-26-20-7-3-6-19-18(20)11-21(25)23-19/h1-7,16-17,22,24H,8-13H2,(H,23,25). The van der Waals surface area contributed by atoms with Crippen molar-refractivity contribution >= 4 is 11.6 Å². The summed E-state index contributed by atoms with van der Waals surface area (Å²) in [6.07, 6.45) is 2.92. The van der Waals surface area contributed by atoms with Crippen LogP contribution < -0.4 is 15.4 Å². The highest BCUT2D eigenvalue weighted by Gasteiger charge is 2.22. The van der Waals surface area contributed by atoms with E-state index in [0.29, 0.717) is 24.8 Å². The molecule has 136 valence electrons. The molecule has 2 aromatic rings. The van der Waals surface area contributed by atoms with Crippen molar-refractivity contribution in [3.05, 3.63) is 59.2 Å². The van der Waals surface area contributed by atoms with Crippen LogP contribution in [0, 0.1) is 0 Å². The number of amides is 1. The number of rotatable bonds is 6. The molecule has 2 aliphatic rings. The first-order valence-electron chi connectivity index (χ1n) is 9.22. The van der Waals surface area contributed by atoms with Crippen LogP contribution in [0.5, 0.6) is 5.75 Å². The fraction of sp³-hybridized carbons (Fsp3) is 0.381. The Labute approximate surface area is 153 Å². The first-order chi connectivity index (χ1) is 12.7. The number of fused-ring (bicyclic) bond motifs is 2. The molecule has 2 aromatic carbocycles. The lowest BCUT2D eigenvalue weighted by molar-refractivity contribution is -0.115. The third-order valence-electron chi connectivity index (χ3n) is 5.16. The van der Waals surface area contributed by atoms with E-state index in [1.54, 1.807) is 0 Å². The number of aliphatic hydroxyl groups is 1. The molecule has 1 amide bonds. The molecule has 0 aromatic heterocycles. The monoisotopic (exact) mass is 352 g/mol. The Morgan fingerprint density at radius 1 is 1.19 bits per heavy atom. The summed E-state index contributed by atoms with van der Waals surface area (Å²) in [5, 5.41) is 16.5. The number of hydrogen-bond donors (Lipinski definition) is 3. The second-order valence-corrected chi connectivity index (χ2v) is 7.09. The fourth-order valence-electron chi connectivity index (χ4n) is 3.77. The summed E-state index contributed by atoms with van der Waals surface area (Å²) in [4.78, 5) is 11.5. The minimum atomic E-state index is -0.590. The Morgan fingerprint density at radius 2 is 2.04 bits per heavy atom. The summed E-state index contributed by atoms with van der Waals surface area (Å²) in [6.45, 7) is 0.708. The maximum Gasteiger partial charge on any atom is 0.229 e. The molecule has 4 rings (SSSR count). The number of ether oxygens (including phenoxy) is 1. The van der Waals surface area contributed by atoms with Gasteiger partial charge in [0.15, 0.2) is 0 Å². The van der Waals surface area contributed by atoms with Gasteiger partial charge in [-0.05, 0) is 42.5 Å². The number of hydrogen-bond acceptors (Lipinski definition) is 4. The van der Waals surface area contributed by atoms with E-state index in [0.717, 1.165) is 30.5 Å². The van der Waals surface area contributed by atoms with Gasteiger partial charge >= 0.3 is 0 Å². The molecule has 1 aliphatic carbocycles. The molecule has 1 aliphatic heterocycles. The Morgan fingerprint density at radius 3 is 2.92 bits per heavy atom. The van der Waals surface area contributed by atoms with Gasteiger partial charge in [-0.15, -0.1) is 0 Å². The van der Waals surface area contributed by atoms with E-state index in [4.69, 9.17) is 4.74 Å². The van der Waals surface area contributed by atoms with Gasteiger partial charge in [0.1, 0.15) is 18.5 Å². The topological polar surface area (TPSA) is 70.6 Å². The SMILES string of the molecule is O=C1Cc2c(cccc2OCC(O)CNC2CCc3ccccc3C2)N1. The molecule has 5 nitrogen and oxygen atoms in total. The van der Waals surface area contributed by atoms with Crippen molar-refractivity contribution in [2.45, 2.75) is 37.8 Å². The summed E-state index contributed by atoms with van der Waals surface area (Å²) in [5.74, 6) is 0.655. The van der Waals surface area contributed by atoms with E-state index in [-0.39, 0.29) is 12.5 Å². The maximum absolute atomic E-state index is 11.5. The summed E-state index contributed by atoms with van der Waals surface area (Å²) in [5.41, 5.74) is 4.53. The van der Waals surface area contributed by atoms with Crippen LogP contribution in [-0.4, -0.2) is 36.3 Å². The quantitative estimate of drug-likeness (QED) is 0.744. The minimum Gasteiger partial charge on any atom is -0.490 e. The van der Waals surface area contributed by atoms with Gasteiger partial charge in [0.2, 0.25) is 5.91 Å². The van der Waals surface area contributed by atoms with Gasteiger partial charge in [0, 0.05) is 23.8 Å². The van der Waals surface area contributed by atoms with Crippen LogP contribution in [0.4, 0.5) is 5.69 Å². The Balaban J connectivity index is 1.26. The molecule has 3 N–H and O–H groups in total. The molecular formula is C21H24N2O3. The second kappa shape index (κ2) is 7.48. The Hall–Kier alpha value is -2.37. The van der Waals surface area contributed by atoms with Gasteiger partial charge < -0.3 is 20.5 Å². The van der Waals surface area contributed by atoms with E-state index >= 15 is 0 Å². The van der Waals surface area contributed by atoms with Gasteiger partial charge in [-0.3, -0.25) is 4.79 Å². The molecule has 0 spiro atoms. The summed E-state index contributed by atoms with van der Waals surface area (Å²) < 4.78 is 5.77. The zero-order valence-electron chi connectivity index (χ0n) is 14.7. The van der Waals surface area contributed by atoms with Gasteiger partial charge in [-0.25, -0.2) is 0 Å². The van der Waals surface area contributed by atoms with E-state index < -0.39 is 6.10 Å². The molecule has 0 saturated carbocycles. The highest BCUT2D eigenvalue weighted by Crippen LogP contribution is 2.31. The predicted molar refractivity (Wildman–Crippen MR) is 101 cm³/mol. The van der Waals surface area contributed by atoms with Crippen LogP contribution in [-0.2, 0) is 24.1 Å². The minimum absolute atomic E-state index is 0.0177. The number of carbonyl (C=O) groups is 1. The molecule has 5 heteroatoms. The molecule has 1 heterocycles. The maximum atomic E-state index is 11.5. The summed E-state index contributed by atoms with van der Waals surface area (Å²) in [6, 6.07) is 14.5. The zero-order chi connectivity index (χ0) is 17.9. The van der Waals surface area contributed by atoms with Gasteiger partial charge in [0.05, 0.1) is 6.42 Å². The van der Waals surface area contributed by atoms with Crippen molar-refractivity contribution in [2.75, 3.05) is 18.5 Å². The number of aryl methyl sites for hydroxylation is 1. The van der Waals surface area contributed by atoms with E-state index in [2.05, 4.69) is 34.9 Å². The molecule has 0 fully saturated rings. The largest absolute Gasteiger partial charge is 0.490 e. The smallest absolute Gasteiger partial charge is 0.229 e. The number of benzene rings is 2. The van der Waals surface area contributed by atoms with E-state index in [9.17, 15) is 9.90 Å². The molecule has 26 heavy (non-hydrogen) atoms. The average Bonchev–Trinajstić information content (AvgIpc) is 3.05. The molecule has 0 saturated heterocycles. The molecule has 2 atom stereocenters. The van der Waals surface area contributed by atoms with Crippen LogP contribution in [0.3, 0.4) is 0 Å². The summed E-state index contributed by atoms with van der Waals surface area (Å²) >= 11 is 0. The lowest BCUT2D eigenvalue weighted by atomic mass is 9.88. The van der Waals surface area contributed by atoms with Crippen LogP contribution in [0.15, 0.2) is 42.5 Å². The third-order valence-corrected chi connectivity index (χ3v) is 5.16. The molecule has 0 radical (unpaired) electrons. The van der Waals surface area contributed by atoms with Crippen molar-refractivity contribution in [1.82, 2.24) is 5.32 Å². The normalized spacial score (nSPS) is 19.4. The van der Waals surface area contributed by atoms with Crippen LogP contribution >= 0.6 is 0 Å². The number of carbonyl (C=O) groups excluding carboxylic acids is 1. The van der Waals surface area contributed by atoms with Crippen molar-refractivity contribution in [2.24, 2.45) is 0 Å². The fourth-order valence-corrected chi connectivity index (χ4v) is 3.77. The average molecular weight is 352 g/mol. The first-order valence-corrected chi connectivity index (χ1v) is 9.22. The van der Waals surface area contributed by atoms with Crippen molar-refractivity contribution in [1.29, 1.82) is 0 Å². The van der Waals surface area contributed by atoms with Gasteiger partial charge in [0.25, 0.3) is 0 Å². The molecule has 0 bridgehead atoms. The Kier molecular flexibility index (Phi) is 4.91. The Bertz CT molecular complexity index is 806. The number of anilines is 1. The van der Waals surface area contributed by atoms with E-state index in [1.807, 2.05) is 18.2 Å². The summed E-state index contributed by atoms with van der Waals surface area (Å²) in [7, 11) is 0. The van der Waals surface area contributed by atoms with Crippen molar-refractivity contribution in [3.63, 3.8) is 0 Å². The molecular weight excluding hydrogens is 328 g/mol. The highest BCUT2D eigenvalue weighted by molar-refractivity contribution is 6.00. The van der Waals surface area contributed by atoms with Crippen LogP contribution in [0.1, 0.15) is 23.1 Å². The highest BCUT2D eigenvalue weighted by atomic mass is 16.5. The van der Waals surface area contributed by atoms with Crippen molar-refractivity contribution < 1.29 is 14.6 Å². The number of nitrogens with one attached hydrogen (secondary N) is 2. The van der Waals surface area contributed by atoms with Crippen LogP contribution in [0.25, 0.3) is 0 Å². The van der Waals surface area contributed by atoms with Crippen LogP contribution in [0.2, 0.25) is 0 Å². The number of aliphatic hydroxyl groups excluding tert-OH is 1. The van der Waals surface area contributed by atoms with Gasteiger partial charge in [-0.2, -0.15) is 0 Å². The zero-order valence-corrected chi connectivity index (χ0v) is 14.7. The first kappa shape index (κ1) is 17.1. The van der Waals surface area contributed by atoms with Crippen molar-refractivity contribution in [3.8, 4) is 5.75 Å². The predicted octanol–water partition coefficient (Wildman–Crippen LogP) is 2.07. The molecule has 2 unspecified atom stereocenters. The van der Waals surface area contributed by atoms with Gasteiger partial charge in [-0.1, -0.05) is 30.3 Å². The third kappa shape index (κ3) is 3.74. The lowest BCUT2D eigenvalue weighted by Gasteiger charge is -2.26. The lowest BCUT2D eigenvalue weighted by Crippen LogP contribution is -2.40.